The normalized spacial score (nSPS) is 40.1. The number of rotatable bonds is 1. The lowest BCUT2D eigenvalue weighted by Gasteiger charge is -2.27. The zero-order chi connectivity index (χ0) is 8.32. The minimum Gasteiger partial charge on any atom is -0.315 e. The van der Waals surface area contributed by atoms with Gasteiger partial charge in [0.1, 0.15) is 0 Å². The van der Waals surface area contributed by atoms with Gasteiger partial charge in [-0.1, -0.05) is 6.92 Å². The first kappa shape index (κ1) is 9.01. The second-order valence-electron chi connectivity index (χ2n) is 4.09. The molecule has 66 valence electrons. The van der Waals surface area contributed by atoms with E-state index in [2.05, 4.69) is 31.5 Å². The Morgan fingerprint density at radius 3 is 2.91 bits per heavy atom. The highest BCUT2D eigenvalue weighted by atomic mass is 15.0. The Balaban J connectivity index is 2.45. The minimum atomic E-state index is 0.324. The van der Waals surface area contributed by atoms with Crippen LogP contribution >= 0.6 is 0 Å². The highest BCUT2D eigenvalue weighted by molar-refractivity contribution is 4.87. The molecule has 1 fully saturated rings. The molecule has 1 aliphatic rings. The molecule has 0 radical (unpaired) electrons. The molecule has 11 heavy (non-hydrogen) atoms. The number of hydrogen-bond acceptors (Lipinski definition) is 2. The molecule has 2 nitrogen and oxygen atoms in total. The van der Waals surface area contributed by atoms with Crippen molar-refractivity contribution >= 4 is 0 Å². The number of hydrogen-bond donors (Lipinski definition) is 2. The van der Waals surface area contributed by atoms with Gasteiger partial charge in [0.05, 0.1) is 0 Å². The van der Waals surface area contributed by atoms with E-state index < -0.39 is 0 Å². The van der Waals surface area contributed by atoms with Crippen LogP contribution in [0, 0.1) is 5.92 Å². The van der Waals surface area contributed by atoms with E-state index in [0.29, 0.717) is 5.54 Å². The topological polar surface area (TPSA) is 24.1 Å². The molecule has 2 atom stereocenters. The molecule has 0 amide bonds. The van der Waals surface area contributed by atoms with Crippen molar-refractivity contribution in [2.45, 2.75) is 32.2 Å². The number of nitrogens with one attached hydrogen (secondary N) is 2. The summed E-state index contributed by atoms with van der Waals surface area (Å²) in [6.07, 6.45) is 2.63. The summed E-state index contributed by atoms with van der Waals surface area (Å²) in [4.78, 5) is 0. The van der Waals surface area contributed by atoms with Crippen LogP contribution in [0.4, 0.5) is 0 Å². The monoisotopic (exact) mass is 156 g/mol. The predicted octanol–water partition coefficient (Wildman–Crippen LogP) is 0.984. The van der Waals surface area contributed by atoms with Gasteiger partial charge in [-0.05, 0) is 39.3 Å². The van der Waals surface area contributed by atoms with Gasteiger partial charge in [-0.15, -0.1) is 0 Å². The molecular formula is C9H20N2. The number of likely N-dealkylation sites (N-methyl/N-ethyl adjacent to an activating group) is 1. The van der Waals surface area contributed by atoms with E-state index in [-0.39, 0.29) is 0 Å². The molecule has 0 aromatic carbocycles. The first-order valence-electron chi connectivity index (χ1n) is 4.56. The van der Waals surface area contributed by atoms with Crippen LogP contribution in [0.3, 0.4) is 0 Å². The summed E-state index contributed by atoms with van der Waals surface area (Å²) in [6, 6.07) is 0. The van der Waals surface area contributed by atoms with Crippen LogP contribution in [0.5, 0.6) is 0 Å². The van der Waals surface area contributed by atoms with Gasteiger partial charge in [0.15, 0.2) is 0 Å². The molecule has 1 aliphatic heterocycles. The second kappa shape index (κ2) is 3.55. The van der Waals surface area contributed by atoms with Gasteiger partial charge in [0.25, 0.3) is 0 Å². The zero-order valence-corrected chi connectivity index (χ0v) is 7.91. The maximum atomic E-state index is 3.48. The summed E-state index contributed by atoms with van der Waals surface area (Å²) in [7, 11) is 2.05. The zero-order valence-electron chi connectivity index (χ0n) is 7.91. The third-order valence-electron chi connectivity index (χ3n) is 2.80. The lowest BCUT2D eigenvalue weighted by Crippen LogP contribution is -2.47. The molecule has 1 unspecified atom stereocenters. The fourth-order valence-electron chi connectivity index (χ4n) is 1.56. The molecule has 0 spiro atoms. The Morgan fingerprint density at radius 1 is 1.55 bits per heavy atom. The van der Waals surface area contributed by atoms with Crippen molar-refractivity contribution < 1.29 is 0 Å². The fourth-order valence-corrected chi connectivity index (χ4v) is 1.56. The summed E-state index contributed by atoms with van der Waals surface area (Å²) in [5.74, 6) is 0.838. The summed E-state index contributed by atoms with van der Waals surface area (Å²) in [6.45, 7) is 6.89. The molecule has 1 saturated heterocycles. The SMILES string of the molecule is CNC1(C)CC[C@@H](C)CNC1. The van der Waals surface area contributed by atoms with Crippen molar-refractivity contribution in [1.82, 2.24) is 10.6 Å². The third-order valence-corrected chi connectivity index (χ3v) is 2.80. The lowest BCUT2D eigenvalue weighted by atomic mass is 9.94. The standard InChI is InChI=1S/C9H20N2/c1-8-4-5-9(2,10-3)7-11-6-8/h8,10-11H,4-7H2,1-3H3/t8-,9?/m1/s1. The molecule has 0 aromatic rings. The van der Waals surface area contributed by atoms with E-state index in [0.717, 1.165) is 12.5 Å². The Bertz CT molecular complexity index is 125. The van der Waals surface area contributed by atoms with Crippen LogP contribution in [0.1, 0.15) is 26.7 Å². The molecule has 0 aromatic heterocycles. The highest BCUT2D eigenvalue weighted by Crippen LogP contribution is 2.18. The van der Waals surface area contributed by atoms with Gasteiger partial charge in [-0.25, -0.2) is 0 Å². The summed E-state index contributed by atoms with van der Waals surface area (Å²) in [5, 5.41) is 6.85. The summed E-state index contributed by atoms with van der Waals surface area (Å²) in [5.41, 5.74) is 0.324. The molecule has 0 bridgehead atoms. The molecular weight excluding hydrogens is 136 g/mol. The van der Waals surface area contributed by atoms with Crippen molar-refractivity contribution in [2.75, 3.05) is 20.1 Å². The van der Waals surface area contributed by atoms with Crippen LogP contribution in [0.15, 0.2) is 0 Å². The molecule has 2 heteroatoms. The van der Waals surface area contributed by atoms with Crippen LogP contribution in [-0.4, -0.2) is 25.7 Å². The van der Waals surface area contributed by atoms with Crippen molar-refractivity contribution in [1.29, 1.82) is 0 Å². The van der Waals surface area contributed by atoms with Crippen LogP contribution < -0.4 is 10.6 Å². The van der Waals surface area contributed by atoms with E-state index in [9.17, 15) is 0 Å². The summed E-state index contributed by atoms with van der Waals surface area (Å²) >= 11 is 0. The van der Waals surface area contributed by atoms with Crippen molar-refractivity contribution in [3.05, 3.63) is 0 Å². The van der Waals surface area contributed by atoms with E-state index >= 15 is 0 Å². The van der Waals surface area contributed by atoms with Gasteiger partial charge >= 0.3 is 0 Å². The fraction of sp³-hybridized carbons (Fsp3) is 1.00. The average Bonchev–Trinajstić information content (AvgIpc) is 2.15. The third kappa shape index (κ3) is 2.46. The predicted molar refractivity (Wildman–Crippen MR) is 48.7 cm³/mol. The van der Waals surface area contributed by atoms with Crippen LogP contribution in [0.25, 0.3) is 0 Å². The first-order chi connectivity index (χ1) is 5.16. The maximum absolute atomic E-state index is 3.48. The molecule has 1 heterocycles. The van der Waals surface area contributed by atoms with Gasteiger partial charge in [0, 0.05) is 12.1 Å². The quantitative estimate of drug-likeness (QED) is 0.591. The molecule has 0 saturated carbocycles. The largest absolute Gasteiger partial charge is 0.315 e. The average molecular weight is 156 g/mol. The molecule has 2 N–H and O–H groups in total. The molecule has 0 aliphatic carbocycles. The van der Waals surface area contributed by atoms with Crippen LogP contribution in [0.2, 0.25) is 0 Å². The van der Waals surface area contributed by atoms with E-state index in [1.54, 1.807) is 0 Å². The van der Waals surface area contributed by atoms with Crippen LogP contribution in [-0.2, 0) is 0 Å². The lowest BCUT2D eigenvalue weighted by molar-refractivity contribution is 0.351. The minimum absolute atomic E-state index is 0.324. The van der Waals surface area contributed by atoms with Crippen molar-refractivity contribution in [2.24, 2.45) is 5.92 Å². The van der Waals surface area contributed by atoms with Gasteiger partial charge in [-0.2, -0.15) is 0 Å². The van der Waals surface area contributed by atoms with Gasteiger partial charge < -0.3 is 10.6 Å². The van der Waals surface area contributed by atoms with Crippen molar-refractivity contribution in [3.8, 4) is 0 Å². The molecule has 1 rings (SSSR count). The smallest absolute Gasteiger partial charge is 0.0275 e. The first-order valence-corrected chi connectivity index (χ1v) is 4.56. The summed E-state index contributed by atoms with van der Waals surface area (Å²) < 4.78 is 0. The van der Waals surface area contributed by atoms with E-state index in [1.165, 1.54) is 19.4 Å². The second-order valence-corrected chi connectivity index (χ2v) is 4.09. The van der Waals surface area contributed by atoms with E-state index in [4.69, 9.17) is 0 Å². The Labute approximate surface area is 69.8 Å². The van der Waals surface area contributed by atoms with Crippen molar-refractivity contribution in [3.63, 3.8) is 0 Å². The maximum Gasteiger partial charge on any atom is 0.0275 e. The Kier molecular flexibility index (Phi) is 2.90. The van der Waals surface area contributed by atoms with Gasteiger partial charge in [0.2, 0.25) is 0 Å². The van der Waals surface area contributed by atoms with Gasteiger partial charge in [-0.3, -0.25) is 0 Å². The Hall–Kier alpha value is -0.0800. The Morgan fingerprint density at radius 2 is 2.27 bits per heavy atom. The highest BCUT2D eigenvalue weighted by Gasteiger charge is 2.24. The van der Waals surface area contributed by atoms with E-state index in [1.807, 2.05) is 0 Å².